The summed E-state index contributed by atoms with van der Waals surface area (Å²) in [5.74, 6) is -0.427. The van der Waals surface area contributed by atoms with E-state index in [-0.39, 0.29) is 11.1 Å². The maximum absolute atomic E-state index is 13.1. The van der Waals surface area contributed by atoms with Crippen molar-refractivity contribution in [2.24, 2.45) is 4.99 Å². The molecule has 0 radical (unpaired) electrons. The number of fused-ring (bicyclic) bond motifs is 1. The Labute approximate surface area is 191 Å². The summed E-state index contributed by atoms with van der Waals surface area (Å²) in [6, 6.07) is 17.3. The molecule has 2 aromatic carbocycles. The number of hydrogen-bond donors (Lipinski definition) is 1. The number of nitrogens with one attached hydrogen (secondary N) is 1. The van der Waals surface area contributed by atoms with E-state index in [1.807, 2.05) is 25.1 Å². The molecule has 1 N–H and O–H groups in total. The van der Waals surface area contributed by atoms with Gasteiger partial charge in [-0.25, -0.2) is 14.8 Å². The first-order valence-corrected chi connectivity index (χ1v) is 10.4. The molecule has 160 valence electrons. The van der Waals surface area contributed by atoms with E-state index in [0.29, 0.717) is 22.7 Å². The van der Waals surface area contributed by atoms with E-state index >= 15 is 0 Å². The van der Waals surface area contributed by atoms with E-state index in [9.17, 15) is 9.59 Å². The number of rotatable bonds is 4. The number of halogens is 1. The van der Waals surface area contributed by atoms with Gasteiger partial charge in [-0.2, -0.15) is 0 Å². The lowest BCUT2D eigenvalue weighted by Crippen LogP contribution is -2.22. The standard InChI is InChI=1S/C24H18BrN3O4/c1-14-3-10-21(26-13-14)28-22(29)19-12-16-11-17(25)6-9-20(16)32-23(19)27-18-7-4-15(5-8-18)24(30)31-2/h3-13H,1-2H3,(H,26,28,29). The van der Waals surface area contributed by atoms with Gasteiger partial charge < -0.3 is 14.5 Å². The van der Waals surface area contributed by atoms with Gasteiger partial charge >= 0.3 is 5.97 Å². The number of anilines is 1. The number of carbonyl (C=O) groups is 2. The number of methoxy groups -OCH3 is 1. The third-order valence-corrected chi connectivity index (χ3v) is 5.12. The van der Waals surface area contributed by atoms with E-state index in [0.717, 1.165) is 15.4 Å². The highest BCUT2D eigenvalue weighted by Gasteiger charge is 2.14. The Bertz CT molecular complexity index is 1380. The summed E-state index contributed by atoms with van der Waals surface area (Å²) < 4.78 is 11.5. The van der Waals surface area contributed by atoms with Gasteiger partial charge in [0.2, 0.25) is 5.55 Å². The van der Waals surface area contributed by atoms with Crippen LogP contribution in [0, 0.1) is 6.92 Å². The SMILES string of the molecule is COC(=O)c1ccc(N=c2oc3ccc(Br)cc3cc2C(=O)Nc2ccc(C)cn2)cc1. The first-order chi connectivity index (χ1) is 15.4. The summed E-state index contributed by atoms with van der Waals surface area (Å²) in [6.07, 6.45) is 1.67. The van der Waals surface area contributed by atoms with Gasteiger partial charge in [-0.1, -0.05) is 22.0 Å². The van der Waals surface area contributed by atoms with Crippen molar-refractivity contribution in [1.82, 2.24) is 4.98 Å². The fourth-order valence-electron chi connectivity index (χ4n) is 2.98. The molecule has 0 saturated heterocycles. The smallest absolute Gasteiger partial charge is 0.337 e. The third kappa shape index (κ3) is 4.76. The summed E-state index contributed by atoms with van der Waals surface area (Å²) >= 11 is 3.44. The molecule has 4 aromatic rings. The van der Waals surface area contributed by atoms with Crippen molar-refractivity contribution in [3.8, 4) is 0 Å². The number of nitrogens with zero attached hydrogens (tertiary/aromatic N) is 2. The van der Waals surface area contributed by atoms with Crippen LogP contribution >= 0.6 is 15.9 Å². The molecule has 0 aliphatic heterocycles. The number of hydrogen-bond acceptors (Lipinski definition) is 6. The first-order valence-electron chi connectivity index (χ1n) is 9.63. The monoisotopic (exact) mass is 491 g/mol. The summed E-state index contributed by atoms with van der Waals surface area (Å²) in [5.41, 5.74) is 2.85. The van der Waals surface area contributed by atoms with Crippen LogP contribution in [0.5, 0.6) is 0 Å². The Kier molecular flexibility index (Phi) is 6.13. The van der Waals surface area contributed by atoms with Crippen molar-refractivity contribution in [3.05, 3.63) is 93.6 Å². The zero-order chi connectivity index (χ0) is 22.7. The maximum atomic E-state index is 13.1. The predicted molar refractivity (Wildman–Crippen MR) is 124 cm³/mol. The minimum Gasteiger partial charge on any atom is -0.465 e. The van der Waals surface area contributed by atoms with Gasteiger partial charge in [0.25, 0.3) is 5.91 Å². The average Bonchev–Trinajstić information content (AvgIpc) is 2.80. The van der Waals surface area contributed by atoms with Crippen LogP contribution in [0.4, 0.5) is 11.5 Å². The Balaban J connectivity index is 1.80. The molecular formula is C24H18BrN3O4. The highest BCUT2D eigenvalue weighted by Crippen LogP contribution is 2.21. The summed E-state index contributed by atoms with van der Waals surface area (Å²) in [6.45, 7) is 1.92. The highest BCUT2D eigenvalue weighted by atomic mass is 79.9. The Hall–Kier alpha value is -3.78. The topological polar surface area (TPSA) is 93.8 Å². The summed E-state index contributed by atoms with van der Waals surface area (Å²) in [5, 5.41) is 3.52. The second-order valence-corrected chi connectivity index (χ2v) is 7.89. The number of ether oxygens (including phenoxy) is 1. The van der Waals surface area contributed by atoms with Crippen molar-refractivity contribution in [2.75, 3.05) is 12.4 Å². The van der Waals surface area contributed by atoms with Crippen molar-refractivity contribution in [2.45, 2.75) is 6.92 Å². The molecule has 32 heavy (non-hydrogen) atoms. The number of aromatic nitrogens is 1. The van der Waals surface area contributed by atoms with Crippen LogP contribution in [0.3, 0.4) is 0 Å². The molecule has 8 heteroatoms. The van der Waals surface area contributed by atoms with Gasteiger partial charge in [-0.3, -0.25) is 4.79 Å². The molecular weight excluding hydrogens is 474 g/mol. The van der Waals surface area contributed by atoms with Crippen molar-refractivity contribution >= 4 is 50.3 Å². The molecule has 0 aliphatic carbocycles. The molecule has 4 rings (SSSR count). The Morgan fingerprint density at radius 2 is 1.84 bits per heavy atom. The number of aryl methyl sites for hydroxylation is 1. The van der Waals surface area contributed by atoms with Gasteiger partial charge in [0.15, 0.2) is 0 Å². The van der Waals surface area contributed by atoms with E-state index < -0.39 is 11.9 Å². The van der Waals surface area contributed by atoms with Crippen LogP contribution in [0.25, 0.3) is 11.0 Å². The Morgan fingerprint density at radius 1 is 1.06 bits per heavy atom. The van der Waals surface area contributed by atoms with Crippen LogP contribution < -0.4 is 10.9 Å². The van der Waals surface area contributed by atoms with Gasteiger partial charge in [0.1, 0.15) is 17.0 Å². The fourth-order valence-corrected chi connectivity index (χ4v) is 3.36. The fraction of sp³-hybridized carbons (Fsp3) is 0.0833. The lowest BCUT2D eigenvalue weighted by molar-refractivity contribution is 0.0600. The van der Waals surface area contributed by atoms with Crippen LogP contribution in [-0.2, 0) is 4.74 Å². The van der Waals surface area contributed by atoms with Gasteiger partial charge in [-0.05, 0) is 67.1 Å². The van der Waals surface area contributed by atoms with E-state index in [1.165, 1.54) is 7.11 Å². The average molecular weight is 492 g/mol. The number of amides is 1. The third-order valence-electron chi connectivity index (χ3n) is 4.63. The normalized spacial score (nSPS) is 11.4. The highest BCUT2D eigenvalue weighted by molar-refractivity contribution is 9.10. The summed E-state index contributed by atoms with van der Waals surface area (Å²) in [4.78, 5) is 33.5. The lowest BCUT2D eigenvalue weighted by Gasteiger charge is -2.07. The number of carbonyl (C=O) groups excluding carboxylic acids is 2. The molecule has 0 spiro atoms. The molecule has 0 aliphatic rings. The molecule has 0 unspecified atom stereocenters. The van der Waals surface area contributed by atoms with Gasteiger partial charge in [0.05, 0.1) is 18.4 Å². The number of benzene rings is 2. The van der Waals surface area contributed by atoms with Gasteiger partial charge in [0, 0.05) is 16.1 Å². The van der Waals surface area contributed by atoms with Crippen molar-refractivity contribution in [1.29, 1.82) is 0 Å². The van der Waals surface area contributed by atoms with Crippen molar-refractivity contribution < 1.29 is 18.7 Å². The largest absolute Gasteiger partial charge is 0.465 e. The second-order valence-electron chi connectivity index (χ2n) is 6.97. The van der Waals surface area contributed by atoms with Gasteiger partial charge in [-0.15, -0.1) is 0 Å². The minimum atomic E-state index is -0.441. The number of pyridine rings is 1. The molecule has 2 aromatic heterocycles. The van der Waals surface area contributed by atoms with E-state index in [4.69, 9.17) is 9.15 Å². The molecule has 7 nitrogen and oxygen atoms in total. The lowest BCUT2D eigenvalue weighted by atomic mass is 10.1. The predicted octanol–water partition coefficient (Wildman–Crippen LogP) is 5.17. The molecule has 0 saturated carbocycles. The molecule has 2 heterocycles. The molecule has 0 bridgehead atoms. The zero-order valence-corrected chi connectivity index (χ0v) is 18.8. The molecule has 0 atom stereocenters. The Morgan fingerprint density at radius 3 is 2.53 bits per heavy atom. The first kappa shape index (κ1) is 21.5. The quantitative estimate of drug-likeness (QED) is 0.397. The molecule has 1 amide bonds. The molecule has 0 fully saturated rings. The van der Waals surface area contributed by atoms with Crippen molar-refractivity contribution in [3.63, 3.8) is 0 Å². The minimum absolute atomic E-state index is 0.134. The van der Waals surface area contributed by atoms with Crippen LogP contribution in [0.1, 0.15) is 26.3 Å². The van der Waals surface area contributed by atoms with E-state index in [1.54, 1.807) is 48.7 Å². The van der Waals surface area contributed by atoms with Crippen LogP contribution in [0.15, 0.2) is 80.7 Å². The van der Waals surface area contributed by atoms with E-state index in [2.05, 4.69) is 31.2 Å². The van der Waals surface area contributed by atoms with Crippen LogP contribution in [0.2, 0.25) is 0 Å². The second kappa shape index (κ2) is 9.15. The zero-order valence-electron chi connectivity index (χ0n) is 17.3. The van der Waals surface area contributed by atoms with Crippen LogP contribution in [-0.4, -0.2) is 24.0 Å². The number of esters is 1. The maximum Gasteiger partial charge on any atom is 0.337 e. The summed E-state index contributed by atoms with van der Waals surface area (Å²) in [7, 11) is 1.32.